The van der Waals surface area contributed by atoms with E-state index in [4.69, 9.17) is 0 Å². The Bertz CT molecular complexity index is 1220. The number of halogens is 3. The van der Waals surface area contributed by atoms with Gasteiger partial charge in [-0.2, -0.15) is 0 Å². The summed E-state index contributed by atoms with van der Waals surface area (Å²) in [5.74, 6) is 0.624. The van der Waals surface area contributed by atoms with E-state index < -0.39 is 29.8 Å². The predicted octanol–water partition coefficient (Wildman–Crippen LogP) is 4.02. The normalized spacial score (nSPS) is 29.6. The minimum Gasteiger partial charge on any atom is -0.381 e. The highest BCUT2D eigenvalue weighted by molar-refractivity contribution is 5.99. The third kappa shape index (κ3) is 4.13. The van der Waals surface area contributed by atoms with Crippen LogP contribution in [0.2, 0.25) is 0 Å². The number of alkyl halides is 2. The lowest BCUT2D eigenvalue weighted by Crippen LogP contribution is -2.31. The Morgan fingerprint density at radius 1 is 1.14 bits per heavy atom. The second kappa shape index (κ2) is 8.40. The summed E-state index contributed by atoms with van der Waals surface area (Å²) in [7, 11) is 0. The third-order valence-corrected chi connectivity index (χ3v) is 8.24. The van der Waals surface area contributed by atoms with Gasteiger partial charge >= 0.3 is 0 Å². The minimum absolute atomic E-state index is 0.00206. The highest BCUT2D eigenvalue weighted by Crippen LogP contribution is 2.56. The molecule has 4 aliphatic rings. The number of nitrogens with one attached hydrogen (secondary N) is 3. The topological polar surface area (TPSA) is 75.2 Å². The molecular weight excluding hydrogens is 457 g/mol. The Balaban J connectivity index is 1.28. The number of carbonyl (C=O) groups excluding carboxylic acids is 1. The van der Waals surface area contributed by atoms with E-state index >= 15 is 0 Å². The van der Waals surface area contributed by atoms with Crippen molar-refractivity contribution in [1.29, 1.82) is 0 Å². The zero-order valence-electron chi connectivity index (χ0n) is 19.4. The van der Waals surface area contributed by atoms with Crippen molar-refractivity contribution in [2.45, 2.75) is 50.7 Å². The van der Waals surface area contributed by atoms with E-state index in [0.29, 0.717) is 34.9 Å². The van der Waals surface area contributed by atoms with Crippen molar-refractivity contribution in [2.75, 3.05) is 18.4 Å². The molecule has 3 saturated carbocycles. The smallest absolute Gasteiger partial charge is 0.266 e. The molecule has 0 spiro atoms. The molecule has 0 unspecified atom stereocenters. The quantitative estimate of drug-likeness (QED) is 0.527. The molecule has 1 aliphatic heterocycles. The number of hydrogen-bond acceptors (Lipinski definition) is 4. The molecule has 1 amide bonds. The Morgan fingerprint density at radius 3 is 2.54 bits per heavy atom. The van der Waals surface area contributed by atoms with Crippen LogP contribution in [-0.4, -0.2) is 29.6 Å². The SMILES string of the molecule is C[C@@H](NC(=O)c1cn([C@H]2C[C@@H]2C2CC2)c(=O)cc1N[C@H]1[C@@H]2CNC[C@@H]21)c1cccc(C(F)F)c1F. The number of pyridine rings is 1. The number of anilines is 1. The maximum absolute atomic E-state index is 14.7. The summed E-state index contributed by atoms with van der Waals surface area (Å²) in [6, 6.07) is 4.79. The fourth-order valence-corrected chi connectivity index (χ4v) is 5.89. The lowest BCUT2D eigenvalue weighted by atomic mass is 10.0. The van der Waals surface area contributed by atoms with E-state index in [1.807, 2.05) is 0 Å². The van der Waals surface area contributed by atoms with E-state index in [-0.39, 0.29) is 23.2 Å². The Labute approximate surface area is 201 Å². The Hall–Kier alpha value is -2.81. The first-order valence-corrected chi connectivity index (χ1v) is 12.4. The Morgan fingerprint density at radius 2 is 1.86 bits per heavy atom. The molecule has 6 nitrogen and oxygen atoms in total. The van der Waals surface area contributed by atoms with Crippen LogP contribution in [0.5, 0.6) is 0 Å². The first kappa shape index (κ1) is 22.6. The second-order valence-corrected chi connectivity index (χ2v) is 10.6. The molecule has 2 aromatic rings. The highest BCUT2D eigenvalue weighted by atomic mass is 19.3. The lowest BCUT2D eigenvalue weighted by molar-refractivity contribution is 0.0939. The van der Waals surface area contributed by atoms with Crippen LogP contribution >= 0.6 is 0 Å². The Kier molecular flexibility index (Phi) is 5.43. The van der Waals surface area contributed by atoms with E-state index in [9.17, 15) is 22.8 Å². The number of fused-ring (bicyclic) bond motifs is 1. The lowest BCUT2D eigenvalue weighted by Gasteiger charge is -2.20. The van der Waals surface area contributed by atoms with E-state index in [1.165, 1.54) is 31.0 Å². The average Bonchev–Trinajstić information content (AvgIpc) is 3.74. The van der Waals surface area contributed by atoms with Crippen LogP contribution < -0.4 is 21.5 Å². The maximum atomic E-state index is 14.7. The molecule has 6 rings (SSSR count). The van der Waals surface area contributed by atoms with Crippen molar-refractivity contribution >= 4 is 11.6 Å². The van der Waals surface area contributed by atoms with E-state index in [0.717, 1.165) is 25.6 Å². The molecule has 0 radical (unpaired) electrons. The predicted molar refractivity (Wildman–Crippen MR) is 125 cm³/mol. The second-order valence-electron chi connectivity index (χ2n) is 10.6. The standard InChI is InChI=1S/C26H29F3N4O2/c1-12(14-3-2-4-15(23(14)27)25(28)29)31-26(35)19-11-33(21-7-16(21)13-5-6-13)22(34)8-20(19)32-24-17-9-30-10-18(17)24/h2-4,8,11-13,16-18,21,24-25,30,32H,5-7,9-10H2,1H3,(H,31,35)/t12-,16-,17-,18+,21+,24+/m1/s1. The number of hydrogen-bond donors (Lipinski definition) is 3. The summed E-state index contributed by atoms with van der Waals surface area (Å²) in [6.45, 7) is 3.38. The van der Waals surface area contributed by atoms with Crippen molar-refractivity contribution in [3.05, 3.63) is 63.3 Å². The van der Waals surface area contributed by atoms with Crippen LogP contribution in [0.3, 0.4) is 0 Å². The van der Waals surface area contributed by atoms with Gasteiger partial charge in [0.2, 0.25) is 0 Å². The van der Waals surface area contributed by atoms with Gasteiger partial charge in [0.25, 0.3) is 17.9 Å². The maximum Gasteiger partial charge on any atom is 0.266 e. The highest BCUT2D eigenvalue weighted by Gasteiger charge is 2.53. The fraction of sp³-hybridized carbons (Fsp3) is 0.538. The number of rotatable bonds is 8. The van der Waals surface area contributed by atoms with Gasteiger partial charge in [-0.05, 0) is 49.9 Å². The molecule has 3 N–H and O–H groups in total. The van der Waals surface area contributed by atoms with Gasteiger partial charge < -0.3 is 20.5 Å². The zero-order valence-corrected chi connectivity index (χ0v) is 19.4. The summed E-state index contributed by atoms with van der Waals surface area (Å²) in [5.41, 5.74) is -0.0297. The van der Waals surface area contributed by atoms with Crippen molar-refractivity contribution < 1.29 is 18.0 Å². The van der Waals surface area contributed by atoms with Crippen LogP contribution in [0.25, 0.3) is 0 Å². The van der Waals surface area contributed by atoms with E-state index in [2.05, 4.69) is 16.0 Å². The molecule has 3 aliphatic carbocycles. The van der Waals surface area contributed by atoms with Crippen molar-refractivity contribution in [1.82, 2.24) is 15.2 Å². The summed E-state index contributed by atoms with van der Waals surface area (Å²) in [5, 5.41) is 9.49. The third-order valence-electron chi connectivity index (χ3n) is 8.24. The molecule has 0 bridgehead atoms. The minimum atomic E-state index is -2.94. The average molecular weight is 487 g/mol. The van der Waals surface area contributed by atoms with Crippen LogP contribution in [0, 0.1) is 29.5 Å². The first-order chi connectivity index (χ1) is 16.8. The molecule has 1 aromatic carbocycles. The first-order valence-electron chi connectivity index (χ1n) is 12.4. The molecular formula is C26H29F3N4O2. The molecule has 9 heteroatoms. The summed E-state index contributed by atoms with van der Waals surface area (Å²) in [4.78, 5) is 26.4. The summed E-state index contributed by atoms with van der Waals surface area (Å²) >= 11 is 0. The number of aromatic nitrogens is 1. The summed E-state index contributed by atoms with van der Waals surface area (Å²) < 4.78 is 42.7. The van der Waals surface area contributed by atoms with E-state index in [1.54, 1.807) is 17.7 Å². The number of piperidine rings is 1. The molecule has 6 atom stereocenters. The number of amides is 1. The molecule has 186 valence electrons. The molecule has 4 fully saturated rings. The van der Waals surface area contributed by atoms with Crippen molar-refractivity contribution in [2.24, 2.45) is 23.7 Å². The number of benzene rings is 1. The van der Waals surface area contributed by atoms with Crippen LogP contribution in [-0.2, 0) is 0 Å². The fourth-order valence-electron chi connectivity index (χ4n) is 5.89. The van der Waals surface area contributed by atoms with Gasteiger partial charge in [-0.3, -0.25) is 9.59 Å². The zero-order chi connectivity index (χ0) is 24.4. The van der Waals surface area contributed by atoms with Crippen LogP contribution in [0.4, 0.5) is 18.9 Å². The van der Waals surface area contributed by atoms with Gasteiger partial charge in [-0.1, -0.05) is 18.2 Å². The van der Waals surface area contributed by atoms with Crippen molar-refractivity contribution in [3.63, 3.8) is 0 Å². The van der Waals surface area contributed by atoms with Crippen LogP contribution in [0.15, 0.2) is 35.3 Å². The van der Waals surface area contributed by atoms with Gasteiger partial charge in [0.05, 0.1) is 22.9 Å². The molecule has 1 saturated heterocycles. The molecule has 1 aromatic heterocycles. The number of nitrogens with zero attached hydrogens (tertiary/aromatic N) is 1. The van der Waals surface area contributed by atoms with Gasteiger partial charge in [0.1, 0.15) is 5.82 Å². The van der Waals surface area contributed by atoms with Crippen LogP contribution in [0.1, 0.15) is 66.2 Å². The van der Waals surface area contributed by atoms with Gasteiger partial charge in [0.15, 0.2) is 0 Å². The summed E-state index contributed by atoms with van der Waals surface area (Å²) in [6.07, 6.45) is 2.02. The largest absolute Gasteiger partial charge is 0.381 e. The monoisotopic (exact) mass is 486 g/mol. The van der Waals surface area contributed by atoms with Gasteiger partial charge in [0, 0.05) is 43.0 Å². The number of carbonyl (C=O) groups is 1. The molecule has 35 heavy (non-hydrogen) atoms. The van der Waals surface area contributed by atoms with Crippen molar-refractivity contribution in [3.8, 4) is 0 Å². The van der Waals surface area contributed by atoms with Gasteiger partial charge in [-0.15, -0.1) is 0 Å². The van der Waals surface area contributed by atoms with Gasteiger partial charge in [-0.25, -0.2) is 13.2 Å². The molecule has 2 heterocycles.